The molecule has 1 unspecified atom stereocenters. The van der Waals surface area contributed by atoms with Gasteiger partial charge in [0.1, 0.15) is 5.78 Å². The average Bonchev–Trinajstić information content (AvgIpc) is 2.05. The van der Waals surface area contributed by atoms with Crippen molar-refractivity contribution in [2.75, 3.05) is 4.43 Å². The number of hydrogen-bond acceptors (Lipinski definition) is 2. The Labute approximate surface area is 87.9 Å². The minimum absolute atomic E-state index is 0.164. The van der Waals surface area contributed by atoms with Gasteiger partial charge in [-0.1, -0.05) is 35.9 Å². The number of aliphatic hydroxyl groups is 1. The Morgan fingerprint density at radius 1 is 1.50 bits per heavy atom. The fourth-order valence-electron chi connectivity index (χ4n) is 0.984. The van der Waals surface area contributed by atoms with Crippen molar-refractivity contribution in [3.05, 3.63) is 0 Å². The molecule has 0 spiro atoms. The highest BCUT2D eigenvalue weighted by Gasteiger charge is 2.07. The average molecular weight is 284 g/mol. The number of carbonyl (C=O) groups is 1. The molecule has 72 valence electrons. The van der Waals surface area contributed by atoms with Crippen molar-refractivity contribution in [1.29, 1.82) is 0 Å². The summed E-state index contributed by atoms with van der Waals surface area (Å²) in [4.78, 5) is 10.9. The minimum atomic E-state index is -0.402. The monoisotopic (exact) mass is 284 g/mol. The molecule has 0 saturated heterocycles. The summed E-state index contributed by atoms with van der Waals surface area (Å²) >= 11 is 2.32. The molecule has 0 radical (unpaired) electrons. The van der Waals surface area contributed by atoms with E-state index < -0.39 is 6.10 Å². The lowest BCUT2D eigenvalue weighted by atomic mass is 10.1. The number of aliphatic hydroxyl groups excluding tert-OH is 1. The maximum absolute atomic E-state index is 10.9. The molecule has 12 heavy (non-hydrogen) atoms. The van der Waals surface area contributed by atoms with E-state index in [2.05, 4.69) is 22.6 Å². The molecule has 0 saturated carbocycles. The van der Waals surface area contributed by atoms with Crippen LogP contribution in [-0.2, 0) is 4.79 Å². The SMILES string of the molecule is CCC(=O)CC(O)CCCCI. The summed E-state index contributed by atoms with van der Waals surface area (Å²) in [5, 5.41) is 9.35. The molecule has 0 aromatic rings. The Kier molecular flexibility index (Phi) is 8.22. The number of unbranched alkanes of at least 4 members (excludes halogenated alkanes) is 1. The van der Waals surface area contributed by atoms with E-state index >= 15 is 0 Å². The van der Waals surface area contributed by atoms with Gasteiger partial charge < -0.3 is 5.11 Å². The third-order valence-corrected chi connectivity index (χ3v) is 2.54. The first-order valence-electron chi connectivity index (χ1n) is 4.46. The number of rotatable bonds is 7. The molecule has 1 N–H and O–H groups in total. The van der Waals surface area contributed by atoms with Crippen LogP contribution in [0.25, 0.3) is 0 Å². The largest absolute Gasteiger partial charge is 0.393 e. The third kappa shape index (κ3) is 7.03. The molecule has 0 fully saturated rings. The van der Waals surface area contributed by atoms with E-state index in [9.17, 15) is 9.90 Å². The molecular formula is C9H17IO2. The van der Waals surface area contributed by atoms with E-state index in [0.717, 1.165) is 23.7 Å². The molecule has 0 aromatic carbocycles. The summed E-state index contributed by atoms with van der Waals surface area (Å²) in [5.41, 5.74) is 0. The first kappa shape index (κ1) is 12.4. The Bertz CT molecular complexity index is 126. The van der Waals surface area contributed by atoms with Gasteiger partial charge in [0.05, 0.1) is 6.10 Å². The molecular weight excluding hydrogens is 267 g/mol. The first-order valence-corrected chi connectivity index (χ1v) is 5.99. The van der Waals surface area contributed by atoms with Crippen LogP contribution in [0.2, 0.25) is 0 Å². The minimum Gasteiger partial charge on any atom is -0.393 e. The van der Waals surface area contributed by atoms with Crippen LogP contribution >= 0.6 is 22.6 Å². The maximum atomic E-state index is 10.9. The van der Waals surface area contributed by atoms with E-state index in [0.29, 0.717) is 12.8 Å². The van der Waals surface area contributed by atoms with Crippen LogP contribution in [0.15, 0.2) is 0 Å². The quantitative estimate of drug-likeness (QED) is 0.442. The second kappa shape index (κ2) is 7.98. The van der Waals surface area contributed by atoms with Gasteiger partial charge in [0.25, 0.3) is 0 Å². The molecule has 0 rings (SSSR count). The second-order valence-electron chi connectivity index (χ2n) is 2.93. The summed E-state index contributed by atoms with van der Waals surface area (Å²) in [6.45, 7) is 1.83. The molecule has 0 amide bonds. The lowest BCUT2D eigenvalue weighted by Gasteiger charge is -2.07. The second-order valence-corrected chi connectivity index (χ2v) is 4.01. The van der Waals surface area contributed by atoms with Crippen LogP contribution in [0.3, 0.4) is 0 Å². The summed E-state index contributed by atoms with van der Waals surface area (Å²) < 4.78 is 1.13. The number of carbonyl (C=O) groups excluding carboxylic acids is 1. The van der Waals surface area contributed by atoms with Gasteiger partial charge in [0.2, 0.25) is 0 Å². The van der Waals surface area contributed by atoms with Crippen LogP contribution < -0.4 is 0 Å². The lowest BCUT2D eigenvalue weighted by molar-refractivity contribution is -0.120. The highest BCUT2D eigenvalue weighted by Crippen LogP contribution is 2.07. The van der Waals surface area contributed by atoms with Gasteiger partial charge in [0.15, 0.2) is 0 Å². The predicted octanol–water partition coefficient (Wildman–Crippen LogP) is 2.32. The van der Waals surface area contributed by atoms with Crippen molar-refractivity contribution in [2.45, 2.75) is 45.1 Å². The van der Waals surface area contributed by atoms with Crippen molar-refractivity contribution in [1.82, 2.24) is 0 Å². The molecule has 1 atom stereocenters. The molecule has 0 heterocycles. The zero-order valence-corrected chi connectivity index (χ0v) is 9.71. The highest BCUT2D eigenvalue weighted by molar-refractivity contribution is 14.1. The number of alkyl halides is 1. The van der Waals surface area contributed by atoms with Crippen LogP contribution in [0.5, 0.6) is 0 Å². The molecule has 3 heteroatoms. The standard InChI is InChI=1S/C9H17IO2/c1-2-8(11)7-9(12)5-3-4-6-10/h9,12H,2-7H2,1H3. The highest BCUT2D eigenvalue weighted by atomic mass is 127. The molecule has 0 aromatic heterocycles. The fourth-order valence-corrected chi connectivity index (χ4v) is 1.52. The predicted molar refractivity (Wildman–Crippen MR) is 58.7 cm³/mol. The van der Waals surface area contributed by atoms with Crippen LogP contribution in [0.4, 0.5) is 0 Å². The summed E-state index contributed by atoms with van der Waals surface area (Å²) in [5.74, 6) is 0.164. The van der Waals surface area contributed by atoms with E-state index in [4.69, 9.17) is 0 Å². The van der Waals surface area contributed by atoms with E-state index in [1.807, 2.05) is 6.92 Å². The first-order chi connectivity index (χ1) is 5.70. The van der Waals surface area contributed by atoms with Gasteiger partial charge in [-0.25, -0.2) is 0 Å². The molecule has 0 aliphatic heterocycles. The number of ketones is 1. The van der Waals surface area contributed by atoms with Crippen molar-refractivity contribution in [3.63, 3.8) is 0 Å². The number of hydrogen-bond donors (Lipinski definition) is 1. The number of Topliss-reactive ketones (excluding diaryl/α,β-unsaturated/α-hetero) is 1. The van der Waals surface area contributed by atoms with Gasteiger partial charge in [0, 0.05) is 12.8 Å². The third-order valence-electron chi connectivity index (χ3n) is 1.78. The van der Waals surface area contributed by atoms with Gasteiger partial charge >= 0.3 is 0 Å². The van der Waals surface area contributed by atoms with Gasteiger partial charge in [-0.3, -0.25) is 4.79 Å². The zero-order chi connectivity index (χ0) is 9.40. The molecule has 0 bridgehead atoms. The summed E-state index contributed by atoms with van der Waals surface area (Å²) in [6, 6.07) is 0. The lowest BCUT2D eigenvalue weighted by Crippen LogP contribution is -2.12. The maximum Gasteiger partial charge on any atom is 0.135 e. The molecule has 2 nitrogen and oxygen atoms in total. The fraction of sp³-hybridized carbons (Fsp3) is 0.889. The Hall–Kier alpha value is 0.360. The van der Waals surface area contributed by atoms with Gasteiger partial charge in [-0.05, 0) is 17.3 Å². The van der Waals surface area contributed by atoms with Gasteiger partial charge in [-0.15, -0.1) is 0 Å². The van der Waals surface area contributed by atoms with Crippen LogP contribution in [0, 0.1) is 0 Å². The van der Waals surface area contributed by atoms with E-state index in [-0.39, 0.29) is 5.78 Å². The molecule has 0 aliphatic carbocycles. The summed E-state index contributed by atoms with van der Waals surface area (Å²) in [7, 11) is 0. The topological polar surface area (TPSA) is 37.3 Å². The van der Waals surface area contributed by atoms with E-state index in [1.165, 1.54) is 0 Å². The number of halogens is 1. The Morgan fingerprint density at radius 3 is 2.67 bits per heavy atom. The van der Waals surface area contributed by atoms with Crippen molar-refractivity contribution >= 4 is 28.4 Å². The molecule has 0 aliphatic rings. The smallest absolute Gasteiger partial charge is 0.135 e. The Balaban J connectivity index is 3.32. The van der Waals surface area contributed by atoms with Crippen LogP contribution in [-0.4, -0.2) is 21.4 Å². The van der Waals surface area contributed by atoms with Crippen molar-refractivity contribution < 1.29 is 9.90 Å². The normalized spacial score (nSPS) is 12.9. The van der Waals surface area contributed by atoms with E-state index in [1.54, 1.807) is 0 Å². The van der Waals surface area contributed by atoms with Crippen LogP contribution in [0.1, 0.15) is 39.0 Å². The summed E-state index contributed by atoms with van der Waals surface area (Å²) in [6.07, 6.45) is 3.43. The van der Waals surface area contributed by atoms with Crippen molar-refractivity contribution in [2.24, 2.45) is 0 Å². The Morgan fingerprint density at radius 2 is 2.17 bits per heavy atom. The van der Waals surface area contributed by atoms with Crippen molar-refractivity contribution in [3.8, 4) is 0 Å². The van der Waals surface area contributed by atoms with Gasteiger partial charge in [-0.2, -0.15) is 0 Å². The zero-order valence-electron chi connectivity index (χ0n) is 7.55.